The molecule has 1 fully saturated rings. The van der Waals surface area contributed by atoms with E-state index in [0.29, 0.717) is 12.5 Å². The van der Waals surface area contributed by atoms with E-state index in [2.05, 4.69) is 5.10 Å². The van der Waals surface area contributed by atoms with Crippen molar-refractivity contribution < 1.29 is 9.90 Å². The molecule has 1 aromatic heterocycles. The maximum atomic E-state index is 12.1. The Morgan fingerprint density at radius 1 is 1.50 bits per heavy atom. The van der Waals surface area contributed by atoms with Crippen LogP contribution >= 0.6 is 0 Å². The lowest BCUT2D eigenvalue weighted by molar-refractivity contribution is -0.126. The normalized spacial score (nSPS) is 22.1. The van der Waals surface area contributed by atoms with Crippen LogP contribution in [0.1, 0.15) is 29.8 Å². The number of amides is 1. The summed E-state index contributed by atoms with van der Waals surface area (Å²) in [6, 6.07) is 0. The Morgan fingerprint density at radius 3 is 2.65 bits per heavy atom. The predicted octanol–water partition coefficient (Wildman–Crippen LogP) is 1.28. The molecule has 0 unspecified atom stereocenters. The SMILES string of the molecule is Cc1nn(C)c(C)c1C=CC(=O)N(C)CC1CC(O)C1. The second kappa shape index (κ2) is 5.79. The molecule has 5 nitrogen and oxygen atoms in total. The fraction of sp³-hybridized carbons (Fsp3) is 0.600. The van der Waals surface area contributed by atoms with Crippen molar-refractivity contribution in [3.8, 4) is 0 Å². The molecule has 1 aliphatic rings. The molecule has 0 spiro atoms. The summed E-state index contributed by atoms with van der Waals surface area (Å²) < 4.78 is 1.82. The Hall–Kier alpha value is -1.62. The number of nitrogens with zero attached hydrogens (tertiary/aromatic N) is 3. The van der Waals surface area contributed by atoms with Crippen molar-refractivity contribution in [1.82, 2.24) is 14.7 Å². The number of likely N-dealkylation sites (N-methyl/N-ethyl adjacent to an activating group) is 1. The lowest BCUT2D eigenvalue weighted by Gasteiger charge is -2.34. The standard InChI is InChI=1S/C15H23N3O2/c1-10-14(11(2)18(4)16-10)5-6-15(20)17(3)9-12-7-13(19)8-12/h5-6,12-13,19H,7-9H2,1-4H3. The third kappa shape index (κ3) is 3.10. The summed E-state index contributed by atoms with van der Waals surface area (Å²) in [5.41, 5.74) is 2.99. The molecule has 1 aromatic rings. The van der Waals surface area contributed by atoms with E-state index < -0.39 is 0 Å². The zero-order valence-electron chi connectivity index (χ0n) is 12.6. The summed E-state index contributed by atoms with van der Waals surface area (Å²) in [6.45, 7) is 4.64. The minimum atomic E-state index is -0.167. The van der Waals surface area contributed by atoms with Gasteiger partial charge >= 0.3 is 0 Å². The monoisotopic (exact) mass is 277 g/mol. The minimum absolute atomic E-state index is 0.00552. The average molecular weight is 277 g/mol. The van der Waals surface area contributed by atoms with Gasteiger partial charge in [0, 0.05) is 38.0 Å². The highest BCUT2D eigenvalue weighted by Gasteiger charge is 2.28. The Bertz CT molecular complexity index is 527. The van der Waals surface area contributed by atoms with E-state index in [0.717, 1.165) is 29.8 Å². The quantitative estimate of drug-likeness (QED) is 0.843. The van der Waals surface area contributed by atoms with Crippen molar-refractivity contribution in [1.29, 1.82) is 0 Å². The van der Waals surface area contributed by atoms with Gasteiger partial charge in [-0.1, -0.05) is 0 Å². The van der Waals surface area contributed by atoms with Crippen LogP contribution in [0, 0.1) is 19.8 Å². The van der Waals surface area contributed by atoms with E-state index >= 15 is 0 Å². The van der Waals surface area contributed by atoms with Gasteiger partial charge in [0.15, 0.2) is 0 Å². The van der Waals surface area contributed by atoms with Gasteiger partial charge in [-0.25, -0.2) is 0 Å². The van der Waals surface area contributed by atoms with Crippen LogP contribution in [0.25, 0.3) is 6.08 Å². The third-order valence-corrected chi connectivity index (χ3v) is 4.08. The highest BCUT2D eigenvalue weighted by molar-refractivity contribution is 5.91. The van der Waals surface area contributed by atoms with Crippen molar-refractivity contribution >= 4 is 12.0 Å². The van der Waals surface area contributed by atoms with Crippen LogP contribution in [0.4, 0.5) is 0 Å². The van der Waals surface area contributed by atoms with Crippen LogP contribution in [-0.4, -0.2) is 45.4 Å². The molecule has 1 heterocycles. The number of hydrogen-bond donors (Lipinski definition) is 1. The number of aliphatic hydroxyl groups excluding tert-OH is 1. The summed E-state index contributed by atoms with van der Waals surface area (Å²) in [5, 5.41) is 13.6. The topological polar surface area (TPSA) is 58.4 Å². The van der Waals surface area contributed by atoms with Crippen molar-refractivity contribution in [2.75, 3.05) is 13.6 Å². The number of aromatic nitrogens is 2. The molecule has 1 saturated carbocycles. The van der Waals surface area contributed by atoms with E-state index in [1.165, 1.54) is 0 Å². The average Bonchev–Trinajstić information content (AvgIpc) is 2.59. The Balaban J connectivity index is 1.94. The molecule has 1 amide bonds. The summed E-state index contributed by atoms with van der Waals surface area (Å²) in [5.74, 6) is 0.434. The number of carbonyl (C=O) groups excluding carboxylic acids is 1. The maximum Gasteiger partial charge on any atom is 0.246 e. The van der Waals surface area contributed by atoms with Gasteiger partial charge in [-0.15, -0.1) is 0 Å². The first-order chi connectivity index (χ1) is 9.38. The summed E-state index contributed by atoms with van der Waals surface area (Å²) in [4.78, 5) is 13.8. The van der Waals surface area contributed by atoms with E-state index in [1.54, 1.807) is 18.0 Å². The summed E-state index contributed by atoms with van der Waals surface area (Å²) >= 11 is 0. The molecule has 0 bridgehead atoms. The highest BCUT2D eigenvalue weighted by atomic mass is 16.3. The van der Waals surface area contributed by atoms with E-state index in [-0.39, 0.29) is 12.0 Å². The van der Waals surface area contributed by atoms with Gasteiger partial charge in [-0.05, 0) is 38.7 Å². The van der Waals surface area contributed by atoms with Crippen molar-refractivity contribution in [2.24, 2.45) is 13.0 Å². The van der Waals surface area contributed by atoms with Gasteiger partial charge in [0.05, 0.1) is 11.8 Å². The number of aryl methyl sites for hydroxylation is 2. The number of hydrogen-bond acceptors (Lipinski definition) is 3. The third-order valence-electron chi connectivity index (χ3n) is 4.08. The molecule has 1 N–H and O–H groups in total. The van der Waals surface area contributed by atoms with Gasteiger partial charge in [-0.2, -0.15) is 5.10 Å². The fourth-order valence-corrected chi connectivity index (χ4v) is 2.64. The Morgan fingerprint density at radius 2 is 2.15 bits per heavy atom. The minimum Gasteiger partial charge on any atom is -0.393 e. The Labute approximate surface area is 119 Å². The largest absolute Gasteiger partial charge is 0.393 e. The smallest absolute Gasteiger partial charge is 0.246 e. The Kier molecular flexibility index (Phi) is 4.28. The van der Waals surface area contributed by atoms with Crippen molar-refractivity contribution in [3.63, 3.8) is 0 Å². The zero-order chi connectivity index (χ0) is 14.9. The molecule has 110 valence electrons. The molecule has 20 heavy (non-hydrogen) atoms. The van der Waals surface area contributed by atoms with Crippen LogP contribution in [0.15, 0.2) is 6.08 Å². The summed E-state index contributed by atoms with van der Waals surface area (Å²) in [7, 11) is 3.70. The van der Waals surface area contributed by atoms with E-state index in [1.807, 2.05) is 31.7 Å². The lowest BCUT2D eigenvalue weighted by Crippen LogP contribution is -2.39. The van der Waals surface area contributed by atoms with Gasteiger partial charge in [0.2, 0.25) is 5.91 Å². The van der Waals surface area contributed by atoms with Crippen LogP contribution in [-0.2, 0) is 11.8 Å². The van der Waals surface area contributed by atoms with Gasteiger partial charge < -0.3 is 10.0 Å². The van der Waals surface area contributed by atoms with Crippen LogP contribution in [0.3, 0.4) is 0 Å². The van der Waals surface area contributed by atoms with Gasteiger partial charge in [-0.3, -0.25) is 9.48 Å². The molecule has 0 aromatic carbocycles. The fourth-order valence-electron chi connectivity index (χ4n) is 2.64. The van der Waals surface area contributed by atoms with Crippen LogP contribution < -0.4 is 0 Å². The second-order valence-electron chi connectivity index (χ2n) is 5.75. The predicted molar refractivity (Wildman–Crippen MR) is 78.1 cm³/mol. The van der Waals surface area contributed by atoms with E-state index in [4.69, 9.17) is 0 Å². The summed E-state index contributed by atoms with van der Waals surface area (Å²) in [6.07, 6.45) is 4.89. The molecule has 0 saturated heterocycles. The zero-order valence-corrected chi connectivity index (χ0v) is 12.6. The van der Waals surface area contributed by atoms with Crippen molar-refractivity contribution in [2.45, 2.75) is 32.8 Å². The highest BCUT2D eigenvalue weighted by Crippen LogP contribution is 2.27. The van der Waals surface area contributed by atoms with Gasteiger partial charge in [0.25, 0.3) is 0 Å². The van der Waals surface area contributed by atoms with Crippen molar-refractivity contribution in [3.05, 3.63) is 23.0 Å². The molecule has 2 rings (SSSR count). The van der Waals surface area contributed by atoms with Gasteiger partial charge in [0.1, 0.15) is 0 Å². The first-order valence-electron chi connectivity index (χ1n) is 7.00. The van der Waals surface area contributed by atoms with Crippen LogP contribution in [0.2, 0.25) is 0 Å². The lowest BCUT2D eigenvalue weighted by atomic mass is 9.82. The number of carbonyl (C=O) groups is 1. The van der Waals surface area contributed by atoms with E-state index in [9.17, 15) is 9.90 Å². The molecular formula is C15H23N3O2. The molecule has 0 radical (unpaired) electrons. The first-order valence-corrected chi connectivity index (χ1v) is 7.00. The molecule has 5 heteroatoms. The number of aliphatic hydroxyl groups is 1. The van der Waals surface area contributed by atoms with Crippen LogP contribution in [0.5, 0.6) is 0 Å². The molecule has 0 aliphatic heterocycles. The first kappa shape index (κ1) is 14.8. The second-order valence-corrected chi connectivity index (χ2v) is 5.75. The molecular weight excluding hydrogens is 254 g/mol. The molecule has 0 atom stereocenters. The maximum absolute atomic E-state index is 12.1. The molecule has 1 aliphatic carbocycles. The number of rotatable bonds is 4.